The van der Waals surface area contributed by atoms with Gasteiger partial charge in [-0.2, -0.15) is 5.10 Å². The van der Waals surface area contributed by atoms with Gasteiger partial charge in [0.1, 0.15) is 6.17 Å². The first-order chi connectivity index (χ1) is 15.9. The summed E-state index contributed by atoms with van der Waals surface area (Å²) in [6.45, 7) is 0. The highest BCUT2D eigenvalue weighted by Gasteiger charge is 2.43. The van der Waals surface area contributed by atoms with Gasteiger partial charge in [0, 0.05) is 47.7 Å². The first kappa shape index (κ1) is 19.9. The summed E-state index contributed by atoms with van der Waals surface area (Å²) in [5.74, 6) is -1.33. The van der Waals surface area contributed by atoms with Crippen molar-refractivity contribution in [3.8, 4) is 22.4 Å². The molecule has 2 N–H and O–H groups in total. The van der Waals surface area contributed by atoms with Gasteiger partial charge in [-0.1, -0.05) is 11.6 Å². The van der Waals surface area contributed by atoms with Gasteiger partial charge in [0.2, 0.25) is 5.91 Å². The topological polar surface area (TPSA) is 92.9 Å². The minimum Gasteiger partial charge on any atom is -0.357 e. The van der Waals surface area contributed by atoms with E-state index in [0.717, 1.165) is 0 Å². The fourth-order valence-electron chi connectivity index (χ4n) is 4.03. The second kappa shape index (κ2) is 7.11. The van der Waals surface area contributed by atoms with E-state index in [1.807, 2.05) is 17.8 Å². The Kier molecular flexibility index (Phi) is 4.28. The van der Waals surface area contributed by atoms with Gasteiger partial charge in [0.05, 0.1) is 40.7 Å². The number of aryl methyl sites for hydroxylation is 1. The predicted molar refractivity (Wildman–Crippen MR) is 119 cm³/mol. The number of amides is 1. The van der Waals surface area contributed by atoms with Gasteiger partial charge in [-0.05, 0) is 12.5 Å². The summed E-state index contributed by atoms with van der Waals surface area (Å²) >= 11 is 6.53. The average molecular weight is 468 g/mol. The highest BCUT2D eigenvalue weighted by molar-refractivity contribution is 6.36. The zero-order valence-electron chi connectivity index (χ0n) is 17.2. The summed E-state index contributed by atoms with van der Waals surface area (Å²) in [5, 5.41) is 10.1. The molecule has 0 aliphatic heterocycles. The van der Waals surface area contributed by atoms with Crippen LogP contribution in [0.3, 0.4) is 0 Å². The van der Waals surface area contributed by atoms with E-state index in [4.69, 9.17) is 11.6 Å². The molecule has 0 radical (unpaired) electrons. The number of hydrogen-bond donors (Lipinski definition) is 2. The summed E-state index contributed by atoms with van der Waals surface area (Å²) in [5.41, 5.74) is 2.75. The monoisotopic (exact) mass is 467 g/mol. The summed E-state index contributed by atoms with van der Waals surface area (Å²) in [7, 11) is 1.85. The van der Waals surface area contributed by atoms with Gasteiger partial charge in [0.25, 0.3) is 0 Å². The number of alkyl halides is 1. The van der Waals surface area contributed by atoms with Crippen molar-refractivity contribution in [2.24, 2.45) is 13.0 Å². The van der Waals surface area contributed by atoms with E-state index in [9.17, 15) is 9.18 Å². The summed E-state index contributed by atoms with van der Waals surface area (Å²) in [6.07, 6.45) is 9.06. The van der Waals surface area contributed by atoms with Gasteiger partial charge in [0.15, 0.2) is 17.3 Å². The van der Waals surface area contributed by atoms with Gasteiger partial charge in [-0.3, -0.25) is 14.9 Å². The van der Waals surface area contributed by atoms with E-state index < -0.39 is 23.8 Å². The SMILES string of the molecule is Cn1ccc(-c2c(F)c(Cl)c(-c3cn4cc(NC(=O)C5CC5F)nc4cn3)c3cn[nH]c23)c1. The lowest BCUT2D eigenvalue weighted by Crippen LogP contribution is -2.15. The van der Waals surface area contributed by atoms with Crippen LogP contribution >= 0.6 is 11.6 Å². The molecule has 1 aromatic carbocycles. The number of hydrogen-bond acceptors (Lipinski definition) is 4. The molecule has 4 heterocycles. The minimum atomic E-state index is -1.09. The number of aromatic amines is 1. The number of carbonyl (C=O) groups excluding carboxylic acids is 1. The Morgan fingerprint density at radius 2 is 2.09 bits per heavy atom. The smallest absolute Gasteiger partial charge is 0.231 e. The largest absolute Gasteiger partial charge is 0.357 e. The Morgan fingerprint density at radius 1 is 1.27 bits per heavy atom. The van der Waals surface area contributed by atoms with Crippen molar-refractivity contribution >= 4 is 39.9 Å². The van der Waals surface area contributed by atoms with E-state index in [2.05, 4.69) is 25.5 Å². The summed E-state index contributed by atoms with van der Waals surface area (Å²) in [6, 6.07) is 1.80. The van der Waals surface area contributed by atoms with Crippen LogP contribution < -0.4 is 5.32 Å². The van der Waals surface area contributed by atoms with E-state index in [1.165, 1.54) is 6.20 Å². The highest BCUT2D eigenvalue weighted by Crippen LogP contribution is 2.42. The molecule has 1 saturated carbocycles. The molecule has 2 unspecified atom stereocenters. The maximum absolute atomic E-state index is 15.5. The number of imidazole rings is 1. The quantitative estimate of drug-likeness (QED) is 0.410. The molecule has 0 spiro atoms. The Hall–Kier alpha value is -3.79. The van der Waals surface area contributed by atoms with Crippen molar-refractivity contribution in [2.45, 2.75) is 12.6 Å². The van der Waals surface area contributed by atoms with Crippen LogP contribution in [0.25, 0.3) is 38.9 Å². The maximum Gasteiger partial charge on any atom is 0.231 e. The fourth-order valence-corrected chi connectivity index (χ4v) is 4.32. The van der Waals surface area contributed by atoms with E-state index in [0.29, 0.717) is 38.9 Å². The number of H-pyrrole nitrogens is 1. The molecule has 0 bridgehead atoms. The average Bonchev–Trinajstić information content (AvgIpc) is 3.16. The van der Waals surface area contributed by atoms with Crippen LogP contribution in [0.15, 0.2) is 43.2 Å². The second-order valence-corrected chi connectivity index (χ2v) is 8.49. The van der Waals surface area contributed by atoms with Crippen molar-refractivity contribution in [1.29, 1.82) is 0 Å². The van der Waals surface area contributed by atoms with Crippen LogP contribution in [0.1, 0.15) is 6.42 Å². The number of anilines is 1. The van der Waals surface area contributed by atoms with Crippen molar-refractivity contribution in [1.82, 2.24) is 29.1 Å². The molecule has 2 atom stereocenters. The second-order valence-electron chi connectivity index (χ2n) is 8.11. The molecule has 1 aliphatic rings. The van der Waals surface area contributed by atoms with Gasteiger partial charge < -0.3 is 14.3 Å². The Balaban J connectivity index is 1.45. The van der Waals surface area contributed by atoms with Crippen LogP contribution in [-0.2, 0) is 11.8 Å². The summed E-state index contributed by atoms with van der Waals surface area (Å²) in [4.78, 5) is 20.7. The van der Waals surface area contributed by atoms with Crippen LogP contribution in [0, 0.1) is 11.7 Å². The molecular weight excluding hydrogens is 452 g/mol. The third kappa shape index (κ3) is 3.17. The van der Waals surface area contributed by atoms with Gasteiger partial charge in [-0.25, -0.2) is 13.8 Å². The zero-order chi connectivity index (χ0) is 22.9. The molecule has 166 valence electrons. The Bertz CT molecular complexity index is 1570. The van der Waals surface area contributed by atoms with E-state index in [1.54, 1.807) is 35.3 Å². The van der Waals surface area contributed by atoms with Crippen LogP contribution in [0.2, 0.25) is 5.02 Å². The van der Waals surface area contributed by atoms with Crippen molar-refractivity contribution in [3.63, 3.8) is 0 Å². The molecule has 8 nitrogen and oxygen atoms in total. The third-order valence-electron chi connectivity index (χ3n) is 5.81. The van der Waals surface area contributed by atoms with Crippen LogP contribution in [-0.4, -0.2) is 41.2 Å². The minimum absolute atomic E-state index is 0.0778. The normalized spacial score (nSPS) is 17.7. The summed E-state index contributed by atoms with van der Waals surface area (Å²) < 4.78 is 32.1. The lowest BCUT2D eigenvalue weighted by Gasteiger charge is -2.11. The lowest BCUT2D eigenvalue weighted by molar-refractivity contribution is -0.117. The lowest BCUT2D eigenvalue weighted by atomic mass is 9.99. The Morgan fingerprint density at radius 3 is 2.82 bits per heavy atom. The number of benzene rings is 1. The number of aromatic nitrogens is 6. The fraction of sp³-hybridized carbons (Fsp3) is 0.182. The zero-order valence-corrected chi connectivity index (χ0v) is 17.9. The van der Waals surface area contributed by atoms with E-state index >= 15 is 4.39 Å². The van der Waals surface area contributed by atoms with Gasteiger partial charge in [-0.15, -0.1) is 0 Å². The number of carbonyl (C=O) groups is 1. The number of rotatable bonds is 4. The maximum atomic E-state index is 15.5. The number of fused-ring (bicyclic) bond motifs is 2. The highest BCUT2D eigenvalue weighted by atomic mass is 35.5. The van der Waals surface area contributed by atoms with E-state index in [-0.39, 0.29) is 17.3 Å². The molecule has 4 aromatic heterocycles. The van der Waals surface area contributed by atoms with Crippen LogP contribution in [0.5, 0.6) is 0 Å². The first-order valence-corrected chi connectivity index (χ1v) is 10.5. The van der Waals surface area contributed by atoms with Crippen molar-refractivity contribution < 1.29 is 13.6 Å². The molecular formula is C22H16ClF2N7O. The number of nitrogens with one attached hydrogen (secondary N) is 2. The standard InChI is InChI=1S/C22H16ClF2N7O/c1-31-3-2-10(7-31)17-20(25)19(23)18(12-5-27-30-21(12)17)14-8-32-9-15(28-16(32)6-26-14)29-22(33)11-4-13(11)24/h2-3,5-9,11,13H,4H2,1H3,(H,27,30)(H,29,33). The van der Waals surface area contributed by atoms with Crippen molar-refractivity contribution in [2.75, 3.05) is 5.32 Å². The molecule has 1 aliphatic carbocycles. The molecule has 6 rings (SSSR count). The third-order valence-corrected chi connectivity index (χ3v) is 6.16. The molecule has 1 fully saturated rings. The predicted octanol–water partition coefficient (Wildman–Crippen LogP) is 4.37. The Labute approximate surface area is 190 Å². The number of halogens is 3. The van der Waals surface area contributed by atoms with Crippen LogP contribution in [0.4, 0.5) is 14.6 Å². The number of nitrogens with zero attached hydrogens (tertiary/aromatic N) is 5. The first-order valence-electron chi connectivity index (χ1n) is 10.2. The van der Waals surface area contributed by atoms with Gasteiger partial charge >= 0.3 is 0 Å². The molecule has 5 aromatic rings. The molecule has 1 amide bonds. The molecule has 0 saturated heterocycles. The van der Waals surface area contributed by atoms with Crippen molar-refractivity contribution in [3.05, 3.63) is 54.1 Å². The molecule has 33 heavy (non-hydrogen) atoms. The molecule has 11 heteroatoms.